The highest BCUT2D eigenvalue weighted by molar-refractivity contribution is 5.82. The molecule has 3 rings (SSSR count). The highest BCUT2D eigenvalue weighted by Gasteiger charge is 2.35. The standard InChI is InChI=1S/C38H56N2/c1-5-9-13-14-15-18-20-31-26-28-33(29-27-31)37-35(24-12-8-4)36(25-17-11-7-3)38(40(37)39)34-23-19-22-32(30-34)21-16-10-6-2/h19,22-23,26-30H,5-18,20-21,24-25H2,1-4H3. The molecule has 1 aliphatic heterocycles. The maximum absolute atomic E-state index is 11.9. The third-order valence-corrected chi connectivity index (χ3v) is 8.49. The van der Waals surface area contributed by atoms with Gasteiger partial charge in [-0.05, 0) is 86.8 Å². The van der Waals surface area contributed by atoms with Crippen LogP contribution in [-0.4, -0.2) is 4.70 Å². The lowest BCUT2D eigenvalue weighted by molar-refractivity contribution is -0.345. The van der Waals surface area contributed by atoms with Gasteiger partial charge in [0.25, 0.3) is 0 Å². The Morgan fingerprint density at radius 2 is 0.975 bits per heavy atom. The minimum atomic E-state index is 1.01. The highest BCUT2D eigenvalue weighted by atomic mass is 15.2. The molecule has 40 heavy (non-hydrogen) atoms. The molecule has 0 aromatic heterocycles. The van der Waals surface area contributed by atoms with E-state index in [4.69, 9.17) is 0 Å². The Morgan fingerprint density at radius 3 is 1.65 bits per heavy atom. The zero-order valence-electron chi connectivity index (χ0n) is 26.2. The maximum atomic E-state index is 11.9. The van der Waals surface area contributed by atoms with E-state index in [1.807, 2.05) is 0 Å². The maximum Gasteiger partial charge on any atom is 0.211 e. The first kappa shape index (κ1) is 32.0. The molecule has 0 aliphatic carbocycles. The summed E-state index contributed by atoms with van der Waals surface area (Å²) in [5.74, 6) is 0. The van der Waals surface area contributed by atoms with Crippen LogP contribution in [0, 0.1) is 0 Å². The van der Waals surface area contributed by atoms with Crippen LogP contribution in [0.1, 0.15) is 153 Å². The normalized spacial score (nSPS) is 13.7. The number of hydrogen-bond donors (Lipinski definition) is 0. The van der Waals surface area contributed by atoms with Gasteiger partial charge in [-0.2, -0.15) is 0 Å². The molecule has 0 amide bonds. The van der Waals surface area contributed by atoms with Crippen molar-refractivity contribution < 1.29 is 4.70 Å². The van der Waals surface area contributed by atoms with E-state index in [-0.39, 0.29) is 0 Å². The summed E-state index contributed by atoms with van der Waals surface area (Å²) in [4.78, 5) is 0. The van der Waals surface area contributed by atoms with Crippen molar-refractivity contribution in [2.45, 2.75) is 143 Å². The molecule has 0 N–H and O–H groups in total. The van der Waals surface area contributed by atoms with Crippen molar-refractivity contribution >= 4 is 11.4 Å². The van der Waals surface area contributed by atoms with Crippen LogP contribution >= 0.6 is 0 Å². The molecule has 1 aliphatic rings. The second-order valence-corrected chi connectivity index (χ2v) is 11.9. The summed E-state index contributed by atoms with van der Waals surface area (Å²) in [6.45, 7) is 9.08. The molecule has 2 aromatic rings. The lowest BCUT2D eigenvalue weighted by Crippen LogP contribution is -2.03. The fourth-order valence-corrected chi connectivity index (χ4v) is 6.08. The smallest absolute Gasteiger partial charge is 0.211 e. The van der Waals surface area contributed by atoms with Crippen LogP contribution in [0.25, 0.3) is 16.9 Å². The van der Waals surface area contributed by atoms with Crippen molar-refractivity contribution in [3.8, 4) is 0 Å². The number of benzene rings is 2. The number of rotatable bonds is 20. The molecule has 1 heterocycles. The monoisotopic (exact) mass is 540 g/mol. The molecular weight excluding hydrogens is 484 g/mol. The van der Waals surface area contributed by atoms with Crippen LogP contribution < -0.4 is 0 Å². The molecule has 0 saturated heterocycles. The van der Waals surface area contributed by atoms with Crippen LogP contribution in [0.3, 0.4) is 0 Å². The second kappa shape index (κ2) is 18.1. The minimum absolute atomic E-state index is 1.01. The Morgan fingerprint density at radius 1 is 0.475 bits per heavy atom. The predicted octanol–water partition coefficient (Wildman–Crippen LogP) is 12.3. The lowest BCUT2D eigenvalue weighted by atomic mass is 9.91. The average Bonchev–Trinajstić information content (AvgIpc) is 3.25. The predicted molar refractivity (Wildman–Crippen MR) is 174 cm³/mol. The Kier molecular flexibility index (Phi) is 14.5. The first-order valence-corrected chi connectivity index (χ1v) is 16.8. The van der Waals surface area contributed by atoms with Gasteiger partial charge in [-0.1, -0.05) is 116 Å². The second-order valence-electron chi connectivity index (χ2n) is 11.9. The summed E-state index contributed by atoms with van der Waals surface area (Å²) in [6, 6.07) is 18.1. The molecule has 2 nitrogen and oxygen atoms in total. The van der Waals surface area contributed by atoms with Crippen molar-refractivity contribution in [2.24, 2.45) is 0 Å². The molecule has 0 saturated carbocycles. The molecule has 2 aromatic carbocycles. The van der Waals surface area contributed by atoms with Crippen LogP contribution in [0.15, 0.2) is 59.7 Å². The molecule has 0 atom stereocenters. The first-order valence-electron chi connectivity index (χ1n) is 16.8. The molecule has 0 fully saturated rings. The van der Waals surface area contributed by atoms with Crippen LogP contribution in [0.4, 0.5) is 0 Å². The van der Waals surface area contributed by atoms with Crippen LogP contribution in [-0.2, 0) is 12.8 Å². The number of unbranched alkanes of at least 4 members (excludes halogenated alkanes) is 10. The number of nitrogens with zero attached hydrogens (tertiary/aromatic N) is 2. The molecule has 0 unspecified atom stereocenters. The van der Waals surface area contributed by atoms with Gasteiger partial charge >= 0.3 is 0 Å². The minimum Gasteiger partial charge on any atom is -0.493 e. The Balaban J connectivity index is 1.90. The average molecular weight is 541 g/mol. The van der Waals surface area contributed by atoms with E-state index < -0.39 is 0 Å². The van der Waals surface area contributed by atoms with Crippen molar-refractivity contribution in [3.63, 3.8) is 0 Å². The van der Waals surface area contributed by atoms with E-state index in [9.17, 15) is 5.53 Å². The van der Waals surface area contributed by atoms with Gasteiger partial charge in [0.05, 0.1) is 0 Å². The third kappa shape index (κ3) is 9.28. The van der Waals surface area contributed by atoms with Gasteiger partial charge < -0.3 is 5.53 Å². The quantitative estimate of drug-likeness (QED) is 0.118. The van der Waals surface area contributed by atoms with E-state index in [0.29, 0.717) is 0 Å². The van der Waals surface area contributed by atoms with E-state index in [2.05, 4.69) is 76.2 Å². The largest absolute Gasteiger partial charge is 0.493 e. The van der Waals surface area contributed by atoms with Gasteiger partial charge in [0, 0.05) is 22.3 Å². The SMILES string of the molecule is CCCCCCCCc1ccc(C2=C(CCCC)C(CCCCC)=C(c3cccc(CCCCC)c3)[N+]2=[N-])cc1. The number of hydrogen-bond acceptors (Lipinski definition) is 0. The van der Waals surface area contributed by atoms with E-state index >= 15 is 0 Å². The van der Waals surface area contributed by atoms with Gasteiger partial charge in [-0.25, -0.2) is 4.70 Å². The van der Waals surface area contributed by atoms with Crippen molar-refractivity contribution in [2.75, 3.05) is 0 Å². The molecule has 0 radical (unpaired) electrons. The topological polar surface area (TPSA) is 25.3 Å². The van der Waals surface area contributed by atoms with Gasteiger partial charge in [0.15, 0.2) is 0 Å². The van der Waals surface area contributed by atoms with Crippen molar-refractivity contribution in [1.82, 2.24) is 0 Å². The summed E-state index contributed by atoms with van der Waals surface area (Å²) >= 11 is 0. The summed E-state index contributed by atoms with van der Waals surface area (Å²) in [6.07, 6.45) is 21.9. The van der Waals surface area contributed by atoms with Crippen molar-refractivity contribution in [1.29, 1.82) is 0 Å². The molecule has 218 valence electrons. The van der Waals surface area contributed by atoms with E-state index in [1.54, 1.807) is 4.70 Å². The highest BCUT2D eigenvalue weighted by Crippen LogP contribution is 2.44. The summed E-state index contributed by atoms with van der Waals surface area (Å²) < 4.78 is 1.56. The van der Waals surface area contributed by atoms with Gasteiger partial charge in [0.2, 0.25) is 11.4 Å². The van der Waals surface area contributed by atoms with Gasteiger partial charge in [-0.3, -0.25) is 0 Å². The Hall–Kier alpha value is -2.48. The Bertz CT molecular complexity index is 1100. The molecule has 0 spiro atoms. The van der Waals surface area contributed by atoms with E-state index in [1.165, 1.54) is 99.3 Å². The van der Waals surface area contributed by atoms with Crippen LogP contribution in [0.2, 0.25) is 0 Å². The van der Waals surface area contributed by atoms with Gasteiger partial charge in [-0.15, -0.1) is 0 Å². The lowest BCUT2D eigenvalue weighted by Gasteiger charge is -2.11. The number of aryl methyl sites for hydroxylation is 2. The van der Waals surface area contributed by atoms with Gasteiger partial charge in [0.1, 0.15) is 0 Å². The summed E-state index contributed by atoms with van der Waals surface area (Å²) in [5, 5.41) is 0. The van der Waals surface area contributed by atoms with E-state index in [0.717, 1.165) is 61.0 Å². The zero-order valence-corrected chi connectivity index (χ0v) is 26.2. The first-order chi connectivity index (χ1) is 19.6. The molecule has 2 heteroatoms. The fraction of sp³-hybridized carbons (Fsp3) is 0.579. The van der Waals surface area contributed by atoms with Crippen molar-refractivity contribution in [3.05, 3.63) is 87.5 Å². The summed E-state index contributed by atoms with van der Waals surface area (Å²) in [5.41, 5.74) is 21.7. The number of allylic oxidation sites excluding steroid dienone is 2. The molecule has 0 bridgehead atoms. The fourth-order valence-electron chi connectivity index (χ4n) is 6.08. The summed E-state index contributed by atoms with van der Waals surface area (Å²) in [7, 11) is 0. The molecular formula is C38H56N2. The third-order valence-electron chi connectivity index (χ3n) is 8.49. The zero-order chi connectivity index (χ0) is 28.6. The Labute approximate surface area is 246 Å². The van der Waals surface area contributed by atoms with Crippen LogP contribution in [0.5, 0.6) is 0 Å².